The zero-order chi connectivity index (χ0) is 12.8. The van der Waals surface area contributed by atoms with Crippen LogP contribution in [0.1, 0.15) is 26.7 Å². The minimum Gasteiger partial charge on any atom is -0.392 e. The van der Waals surface area contributed by atoms with Gasteiger partial charge in [0.25, 0.3) is 0 Å². The third-order valence-electron chi connectivity index (χ3n) is 2.42. The highest BCUT2D eigenvalue weighted by Crippen LogP contribution is 2.06. The van der Waals surface area contributed by atoms with Gasteiger partial charge in [0.15, 0.2) is 0 Å². The minimum absolute atomic E-state index is 0.00317. The van der Waals surface area contributed by atoms with Crippen molar-refractivity contribution in [2.45, 2.75) is 38.3 Å². The molecular weight excluding hydrogens is 204 g/mol. The summed E-state index contributed by atoms with van der Waals surface area (Å²) in [5.41, 5.74) is -0.640. The number of amides is 1. The Morgan fingerprint density at radius 2 is 2.12 bits per heavy atom. The van der Waals surface area contributed by atoms with Crippen molar-refractivity contribution < 1.29 is 9.90 Å². The maximum absolute atomic E-state index is 11.8. The van der Waals surface area contributed by atoms with E-state index in [0.29, 0.717) is 13.0 Å². The van der Waals surface area contributed by atoms with Crippen LogP contribution >= 0.6 is 0 Å². The highest BCUT2D eigenvalue weighted by Gasteiger charge is 2.28. The maximum Gasteiger partial charge on any atom is 0.241 e. The Hall–Kier alpha value is -0.870. The molecule has 0 aromatic rings. The van der Waals surface area contributed by atoms with Crippen molar-refractivity contribution in [3.05, 3.63) is 12.7 Å². The first-order valence-corrected chi connectivity index (χ1v) is 5.57. The van der Waals surface area contributed by atoms with Gasteiger partial charge >= 0.3 is 0 Å². The van der Waals surface area contributed by atoms with Crippen LogP contribution in [0.5, 0.6) is 0 Å². The molecule has 0 aliphatic heterocycles. The minimum atomic E-state index is -0.640. The van der Waals surface area contributed by atoms with Crippen molar-refractivity contribution in [3.8, 4) is 0 Å². The van der Waals surface area contributed by atoms with E-state index in [2.05, 4.69) is 11.9 Å². The predicted octanol–water partition coefficient (Wildman–Crippen LogP) is 0.770. The average Bonchev–Trinajstić information content (AvgIpc) is 2.22. The topological polar surface area (TPSA) is 52.6 Å². The van der Waals surface area contributed by atoms with E-state index in [-0.39, 0.29) is 5.91 Å². The van der Waals surface area contributed by atoms with Crippen LogP contribution in [0.25, 0.3) is 0 Å². The second-order valence-electron chi connectivity index (χ2n) is 4.73. The molecule has 1 atom stereocenters. The van der Waals surface area contributed by atoms with Gasteiger partial charge in [0.1, 0.15) is 0 Å². The lowest BCUT2D eigenvalue weighted by Gasteiger charge is -2.29. The number of hydrogen-bond acceptors (Lipinski definition) is 3. The summed E-state index contributed by atoms with van der Waals surface area (Å²) < 4.78 is 0. The number of carbonyl (C=O) groups is 1. The van der Waals surface area contributed by atoms with Crippen LogP contribution in [0, 0.1) is 0 Å². The third-order valence-corrected chi connectivity index (χ3v) is 2.42. The Kier molecular flexibility index (Phi) is 6.29. The molecule has 0 aromatic heterocycles. The highest BCUT2D eigenvalue weighted by atomic mass is 16.3. The molecule has 94 valence electrons. The molecule has 4 nitrogen and oxygen atoms in total. The zero-order valence-electron chi connectivity index (χ0n) is 10.8. The summed E-state index contributed by atoms with van der Waals surface area (Å²) in [5, 5.41) is 12.7. The fourth-order valence-corrected chi connectivity index (χ4v) is 1.42. The van der Waals surface area contributed by atoms with Crippen molar-refractivity contribution in [2.24, 2.45) is 0 Å². The molecule has 0 aliphatic rings. The zero-order valence-corrected chi connectivity index (χ0v) is 10.8. The number of nitrogens with one attached hydrogen (secondary N) is 1. The molecule has 0 heterocycles. The van der Waals surface area contributed by atoms with Crippen LogP contribution in [0.4, 0.5) is 0 Å². The molecule has 0 aliphatic carbocycles. The summed E-state index contributed by atoms with van der Waals surface area (Å²) >= 11 is 0. The van der Waals surface area contributed by atoms with Gasteiger partial charge in [0.05, 0.1) is 11.6 Å². The molecule has 0 rings (SSSR count). The predicted molar refractivity (Wildman–Crippen MR) is 66.2 cm³/mol. The quantitative estimate of drug-likeness (QED) is 0.633. The molecule has 0 aromatic carbocycles. The molecular formula is C12H24N2O2. The van der Waals surface area contributed by atoms with Gasteiger partial charge < -0.3 is 15.3 Å². The lowest BCUT2D eigenvalue weighted by Crippen LogP contribution is -2.53. The smallest absolute Gasteiger partial charge is 0.241 e. The van der Waals surface area contributed by atoms with E-state index in [1.807, 2.05) is 13.8 Å². The molecule has 0 radical (unpaired) electrons. The Labute approximate surface area is 98.3 Å². The van der Waals surface area contributed by atoms with Crippen molar-refractivity contribution in [1.29, 1.82) is 0 Å². The van der Waals surface area contributed by atoms with E-state index in [9.17, 15) is 9.90 Å². The second-order valence-corrected chi connectivity index (χ2v) is 4.73. The second kappa shape index (κ2) is 6.66. The van der Waals surface area contributed by atoms with Crippen molar-refractivity contribution in [3.63, 3.8) is 0 Å². The summed E-state index contributed by atoms with van der Waals surface area (Å²) in [5.74, 6) is 0.00317. The number of aliphatic hydroxyl groups excluding tert-OH is 1. The lowest BCUT2D eigenvalue weighted by molar-refractivity contribution is -0.134. The average molecular weight is 228 g/mol. The molecule has 2 N–H and O–H groups in total. The van der Waals surface area contributed by atoms with E-state index in [4.69, 9.17) is 0 Å². The largest absolute Gasteiger partial charge is 0.392 e. The van der Waals surface area contributed by atoms with Crippen molar-refractivity contribution in [2.75, 3.05) is 20.6 Å². The Morgan fingerprint density at radius 1 is 1.56 bits per heavy atom. The molecule has 0 saturated carbocycles. The number of likely N-dealkylation sites (N-methyl/N-ethyl adjacent to an activating group) is 1. The van der Waals surface area contributed by atoms with E-state index in [0.717, 1.165) is 6.42 Å². The van der Waals surface area contributed by atoms with E-state index >= 15 is 0 Å². The molecule has 4 heteroatoms. The normalized spacial score (nSPS) is 13.3. The number of allylic oxidation sites excluding steroid dienone is 1. The fraction of sp³-hybridized carbons (Fsp3) is 0.750. The Balaban J connectivity index is 4.07. The van der Waals surface area contributed by atoms with Crippen LogP contribution in [0.15, 0.2) is 12.7 Å². The van der Waals surface area contributed by atoms with Gasteiger partial charge in [-0.05, 0) is 26.7 Å². The SMILES string of the molecule is C=CCCC(O)CNC(C)(C)C(=O)N(C)C. The summed E-state index contributed by atoms with van der Waals surface area (Å²) in [6.45, 7) is 7.65. The Morgan fingerprint density at radius 3 is 2.56 bits per heavy atom. The van der Waals surface area contributed by atoms with Gasteiger partial charge in [-0.25, -0.2) is 0 Å². The lowest BCUT2D eigenvalue weighted by atomic mass is 10.0. The van der Waals surface area contributed by atoms with Crippen LogP contribution < -0.4 is 5.32 Å². The van der Waals surface area contributed by atoms with Crippen LogP contribution in [-0.4, -0.2) is 48.2 Å². The standard InChI is InChI=1S/C12H24N2O2/c1-6-7-8-10(15)9-13-12(2,3)11(16)14(4)5/h6,10,13,15H,1,7-9H2,2-5H3. The first-order chi connectivity index (χ1) is 7.31. The number of aliphatic hydroxyl groups is 1. The number of nitrogens with zero attached hydrogens (tertiary/aromatic N) is 1. The summed E-state index contributed by atoms with van der Waals surface area (Å²) in [6.07, 6.45) is 2.79. The number of rotatable bonds is 7. The van der Waals surface area contributed by atoms with Gasteiger partial charge in [-0.15, -0.1) is 6.58 Å². The first-order valence-electron chi connectivity index (χ1n) is 5.57. The van der Waals surface area contributed by atoms with Gasteiger partial charge in [0, 0.05) is 20.6 Å². The molecule has 16 heavy (non-hydrogen) atoms. The maximum atomic E-state index is 11.8. The van der Waals surface area contributed by atoms with Gasteiger partial charge in [-0.2, -0.15) is 0 Å². The monoisotopic (exact) mass is 228 g/mol. The van der Waals surface area contributed by atoms with Gasteiger partial charge in [-0.1, -0.05) is 6.08 Å². The van der Waals surface area contributed by atoms with Crippen LogP contribution in [0.3, 0.4) is 0 Å². The molecule has 0 fully saturated rings. The highest BCUT2D eigenvalue weighted by molar-refractivity contribution is 5.85. The molecule has 1 unspecified atom stereocenters. The van der Waals surface area contributed by atoms with Crippen LogP contribution in [0.2, 0.25) is 0 Å². The Bertz CT molecular complexity index is 237. The molecule has 0 saturated heterocycles. The number of β-amino-alcohol motifs (C(OH)–C–C–N with tert-alkyl or cyclic N) is 1. The van der Waals surface area contributed by atoms with Gasteiger partial charge in [-0.3, -0.25) is 4.79 Å². The van der Waals surface area contributed by atoms with E-state index in [1.165, 1.54) is 0 Å². The van der Waals surface area contributed by atoms with Crippen molar-refractivity contribution >= 4 is 5.91 Å². The molecule has 0 spiro atoms. The molecule has 0 bridgehead atoms. The summed E-state index contributed by atoms with van der Waals surface area (Å²) in [7, 11) is 3.44. The number of hydrogen-bond donors (Lipinski definition) is 2. The summed E-state index contributed by atoms with van der Waals surface area (Å²) in [4.78, 5) is 13.3. The van der Waals surface area contributed by atoms with Crippen LogP contribution in [-0.2, 0) is 4.79 Å². The summed E-state index contributed by atoms with van der Waals surface area (Å²) in [6, 6.07) is 0. The first kappa shape index (κ1) is 15.1. The number of carbonyl (C=O) groups excluding carboxylic acids is 1. The third kappa shape index (κ3) is 5.28. The van der Waals surface area contributed by atoms with E-state index in [1.54, 1.807) is 25.1 Å². The molecule has 1 amide bonds. The van der Waals surface area contributed by atoms with Gasteiger partial charge in [0.2, 0.25) is 5.91 Å². The van der Waals surface area contributed by atoms with E-state index < -0.39 is 11.6 Å². The van der Waals surface area contributed by atoms with Crippen molar-refractivity contribution in [1.82, 2.24) is 10.2 Å². The fourth-order valence-electron chi connectivity index (χ4n) is 1.42.